The number of halogens is 1. The van der Waals surface area contributed by atoms with Crippen LogP contribution in [0.5, 0.6) is 5.75 Å². The molecule has 30 heavy (non-hydrogen) atoms. The number of nitrogens with one attached hydrogen (secondary N) is 1. The van der Waals surface area contributed by atoms with Crippen molar-refractivity contribution >= 4 is 29.9 Å². The maximum Gasteiger partial charge on any atom is 0.193 e. The fourth-order valence-electron chi connectivity index (χ4n) is 4.57. The first-order chi connectivity index (χ1) is 14.0. The Labute approximate surface area is 200 Å². The molecule has 0 amide bonds. The maximum absolute atomic E-state index is 5.29. The molecule has 1 aromatic rings. The Hall–Kier alpha value is -1.06. The fourth-order valence-corrected chi connectivity index (χ4v) is 4.57. The van der Waals surface area contributed by atoms with Crippen molar-refractivity contribution in [1.82, 2.24) is 20.0 Å². The van der Waals surface area contributed by atoms with E-state index in [4.69, 9.17) is 4.74 Å². The highest BCUT2D eigenvalue weighted by Gasteiger charge is 2.28. The van der Waals surface area contributed by atoms with Crippen LogP contribution >= 0.6 is 24.0 Å². The minimum Gasteiger partial charge on any atom is -0.497 e. The topological polar surface area (TPSA) is 43.3 Å². The number of aliphatic imine (C=N–C) groups is 1. The number of rotatable bonds is 6. The Bertz CT molecular complexity index is 658. The number of guanidine groups is 1. The van der Waals surface area contributed by atoms with Crippen molar-refractivity contribution in [1.29, 1.82) is 0 Å². The Morgan fingerprint density at radius 2 is 1.80 bits per heavy atom. The van der Waals surface area contributed by atoms with Crippen molar-refractivity contribution in [2.75, 3.05) is 67.0 Å². The Morgan fingerprint density at radius 1 is 1.13 bits per heavy atom. The van der Waals surface area contributed by atoms with Gasteiger partial charge in [0.1, 0.15) is 5.75 Å². The summed E-state index contributed by atoms with van der Waals surface area (Å²) < 4.78 is 5.29. The average molecular weight is 530 g/mol. The summed E-state index contributed by atoms with van der Waals surface area (Å²) in [5, 5.41) is 3.69. The molecule has 0 aromatic heterocycles. The van der Waals surface area contributed by atoms with Crippen LogP contribution in [-0.2, 0) is 0 Å². The summed E-state index contributed by atoms with van der Waals surface area (Å²) in [4.78, 5) is 12.1. The number of benzene rings is 1. The monoisotopic (exact) mass is 529 g/mol. The molecule has 2 saturated heterocycles. The summed E-state index contributed by atoms with van der Waals surface area (Å²) in [6.07, 6.45) is 1.17. The van der Waals surface area contributed by atoms with Gasteiger partial charge in [-0.15, -0.1) is 24.0 Å². The van der Waals surface area contributed by atoms with Gasteiger partial charge in [-0.25, -0.2) is 0 Å². The lowest BCUT2D eigenvalue weighted by molar-refractivity contribution is 0.0897. The first-order valence-electron chi connectivity index (χ1n) is 11.0. The van der Waals surface area contributed by atoms with Crippen LogP contribution in [0.2, 0.25) is 0 Å². The lowest BCUT2D eigenvalue weighted by Crippen LogP contribution is -2.55. The highest BCUT2D eigenvalue weighted by molar-refractivity contribution is 14.0. The van der Waals surface area contributed by atoms with E-state index in [1.54, 1.807) is 7.11 Å². The third-order valence-electron chi connectivity index (χ3n) is 6.53. The lowest BCUT2D eigenvalue weighted by atomic mass is 9.98. The molecule has 2 heterocycles. The highest BCUT2D eigenvalue weighted by Crippen LogP contribution is 2.28. The molecule has 2 unspecified atom stereocenters. The van der Waals surface area contributed by atoms with Crippen molar-refractivity contribution in [2.24, 2.45) is 10.9 Å². The molecule has 0 saturated carbocycles. The van der Waals surface area contributed by atoms with Crippen molar-refractivity contribution < 1.29 is 4.74 Å². The number of likely N-dealkylation sites (tertiary alicyclic amines) is 1. The van der Waals surface area contributed by atoms with Crippen molar-refractivity contribution in [3.63, 3.8) is 0 Å². The average Bonchev–Trinajstić information content (AvgIpc) is 3.22. The first kappa shape index (κ1) is 25.2. The van der Waals surface area contributed by atoms with E-state index in [2.05, 4.69) is 70.2 Å². The minimum absolute atomic E-state index is 0. The number of hydrogen-bond acceptors (Lipinski definition) is 4. The third-order valence-corrected chi connectivity index (χ3v) is 6.53. The van der Waals surface area contributed by atoms with E-state index in [1.165, 1.54) is 12.0 Å². The van der Waals surface area contributed by atoms with E-state index >= 15 is 0 Å². The van der Waals surface area contributed by atoms with Crippen LogP contribution in [0, 0.1) is 5.92 Å². The van der Waals surface area contributed by atoms with Crippen LogP contribution in [0.3, 0.4) is 0 Å². The summed E-state index contributed by atoms with van der Waals surface area (Å²) in [5.41, 5.74) is 1.39. The summed E-state index contributed by atoms with van der Waals surface area (Å²) in [7, 11) is 5.84. The molecule has 2 atom stereocenters. The van der Waals surface area contributed by atoms with Gasteiger partial charge >= 0.3 is 0 Å². The predicted octanol–water partition coefficient (Wildman–Crippen LogP) is 2.95. The van der Waals surface area contributed by atoms with Gasteiger partial charge in [-0.3, -0.25) is 9.89 Å². The molecule has 1 aromatic carbocycles. The van der Waals surface area contributed by atoms with E-state index in [1.807, 2.05) is 7.05 Å². The summed E-state index contributed by atoms with van der Waals surface area (Å²) in [5.74, 6) is 3.14. The number of hydrogen-bond donors (Lipinski definition) is 1. The highest BCUT2D eigenvalue weighted by atomic mass is 127. The van der Waals surface area contributed by atoms with Crippen LogP contribution in [0.4, 0.5) is 0 Å². The second-order valence-corrected chi connectivity index (χ2v) is 8.78. The standard InChI is InChI=1S/C23H39N5O.HI/c1-18(2)22(27-14-12-26(4)13-15-27)16-25-23(24-3)28-11-10-20(17-28)19-6-8-21(29-5)9-7-19;/h6-9,18,20,22H,10-17H2,1-5H3,(H,24,25);1H. The van der Waals surface area contributed by atoms with E-state index < -0.39 is 0 Å². The lowest BCUT2D eigenvalue weighted by Gasteiger charge is -2.40. The smallest absolute Gasteiger partial charge is 0.193 e. The zero-order valence-corrected chi connectivity index (χ0v) is 21.6. The predicted molar refractivity (Wildman–Crippen MR) is 136 cm³/mol. The summed E-state index contributed by atoms with van der Waals surface area (Å²) in [6.45, 7) is 12.3. The molecule has 0 bridgehead atoms. The van der Waals surface area contributed by atoms with Crippen LogP contribution in [0.1, 0.15) is 31.7 Å². The largest absolute Gasteiger partial charge is 0.497 e. The first-order valence-corrected chi connectivity index (χ1v) is 11.0. The third kappa shape index (κ3) is 6.47. The van der Waals surface area contributed by atoms with E-state index in [9.17, 15) is 0 Å². The van der Waals surface area contributed by atoms with Crippen LogP contribution in [-0.4, -0.2) is 93.7 Å². The van der Waals surface area contributed by atoms with Gasteiger partial charge in [-0.2, -0.15) is 0 Å². The van der Waals surface area contributed by atoms with E-state index in [0.29, 0.717) is 17.9 Å². The summed E-state index contributed by atoms with van der Waals surface area (Å²) >= 11 is 0. The zero-order chi connectivity index (χ0) is 20.8. The van der Waals surface area contributed by atoms with Gasteiger partial charge in [0, 0.05) is 64.8 Å². The Morgan fingerprint density at radius 3 is 2.37 bits per heavy atom. The van der Waals surface area contributed by atoms with Gasteiger partial charge in [0.25, 0.3) is 0 Å². The second kappa shape index (κ2) is 12.1. The normalized spacial score (nSPS) is 22.1. The van der Waals surface area contributed by atoms with Gasteiger partial charge < -0.3 is 19.9 Å². The summed E-state index contributed by atoms with van der Waals surface area (Å²) in [6, 6.07) is 9.07. The maximum atomic E-state index is 5.29. The Kier molecular flexibility index (Phi) is 10.2. The van der Waals surface area contributed by atoms with Crippen molar-refractivity contribution in [2.45, 2.75) is 32.2 Å². The van der Waals surface area contributed by atoms with Crippen molar-refractivity contribution in [3.05, 3.63) is 29.8 Å². The molecule has 170 valence electrons. The fraction of sp³-hybridized carbons (Fsp3) is 0.696. The number of likely N-dealkylation sites (N-methyl/N-ethyl adjacent to an activating group) is 1. The van der Waals surface area contributed by atoms with Gasteiger partial charge in [-0.1, -0.05) is 26.0 Å². The van der Waals surface area contributed by atoms with Crippen molar-refractivity contribution in [3.8, 4) is 5.75 Å². The number of nitrogens with zero attached hydrogens (tertiary/aromatic N) is 4. The second-order valence-electron chi connectivity index (χ2n) is 8.78. The number of methoxy groups -OCH3 is 1. The molecule has 0 aliphatic carbocycles. The quantitative estimate of drug-likeness (QED) is 0.349. The Balaban J connectivity index is 0.00000320. The van der Waals surface area contributed by atoms with Crippen LogP contribution in [0.15, 0.2) is 29.3 Å². The van der Waals surface area contributed by atoms with Gasteiger partial charge in [0.15, 0.2) is 5.96 Å². The molecule has 2 aliphatic heterocycles. The zero-order valence-electron chi connectivity index (χ0n) is 19.3. The van der Waals surface area contributed by atoms with Gasteiger partial charge in [-0.05, 0) is 37.1 Å². The number of ether oxygens (including phenoxy) is 1. The van der Waals surface area contributed by atoms with E-state index in [-0.39, 0.29) is 24.0 Å². The van der Waals surface area contributed by atoms with Gasteiger partial charge in [0.2, 0.25) is 0 Å². The molecule has 1 N–H and O–H groups in total. The minimum atomic E-state index is 0. The molecule has 7 heteroatoms. The molecule has 0 spiro atoms. The molecular weight excluding hydrogens is 489 g/mol. The molecule has 6 nitrogen and oxygen atoms in total. The SMILES string of the molecule is CN=C(NCC(C(C)C)N1CCN(C)CC1)N1CCC(c2ccc(OC)cc2)C1.I. The molecule has 2 fully saturated rings. The van der Waals surface area contributed by atoms with Gasteiger partial charge in [0.05, 0.1) is 7.11 Å². The van der Waals surface area contributed by atoms with E-state index in [0.717, 1.165) is 57.5 Å². The molecule has 3 rings (SSSR count). The molecule has 0 radical (unpaired) electrons. The van der Waals surface area contributed by atoms with Crippen LogP contribution in [0.25, 0.3) is 0 Å². The molecular formula is C23H40IN5O. The van der Waals surface area contributed by atoms with Crippen LogP contribution < -0.4 is 10.1 Å². The number of piperazine rings is 1. The molecule has 2 aliphatic rings.